The summed E-state index contributed by atoms with van der Waals surface area (Å²) in [4.78, 5) is 6.04. The molecule has 0 saturated carbocycles. The highest BCUT2D eigenvalue weighted by molar-refractivity contribution is 5.29. The lowest BCUT2D eigenvalue weighted by Crippen LogP contribution is -2.53. The van der Waals surface area contributed by atoms with Gasteiger partial charge in [0, 0.05) is 13.1 Å². The van der Waals surface area contributed by atoms with Crippen molar-refractivity contribution in [3.05, 3.63) is 0 Å². The summed E-state index contributed by atoms with van der Waals surface area (Å²) in [5.74, 6) is 1.18. The number of nitrogens with two attached hydrogens (primary N) is 3. The second kappa shape index (κ2) is 19.2. The molecule has 10 nitrogen and oxygen atoms in total. The van der Waals surface area contributed by atoms with E-state index in [0.717, 1.165) is 116 Å². The van der Waals surface area contributed by atoms with Crippen LogP contribution in [0.15, 0.2) is 0 Å². The number of nitrogens with one attached hydrogen (secondary N) is 3. The van der Waals surface area contributed by atoms with Crippen LogP contribution in [0.4, 0.5) is 11.9 Å². The molecule has 0 aromatic carbocycles. The first-order valence-corrected chi connectivity index (χ1v) is 11.8. The summed E-state index contributed by atoms with van der Waals surface area (Å²) < 4.78 is 0. The SMILES string of the molecule is NCCCCCCNc1nc(NCCCCCCN)n[n+](NCCCCCCN)n1. The van der Waals surface area contributed by atoms with E-state index in [-0.39, 0.29) is 0 Å². The van der Waals surface area contributed by atoms with Gasteiger partial charge < -0.3 is 27.8 Å². The Morgan fingerprint density at radius 3 is 1.37 bits per heavy atom. The summed E-state index contributed by atoms with van der Waals surface area (Å²) >= 11 is 0. The molecule has 30 heavy (non-hydrogen) atoms. The molecule has 0 unspecified atom stereocenters. The molecule has 0 spiro atoms. The molecule has 0 saturated heterocycles. The molecule has 10 heteroatoms. The van der Waals surface area contributed by atoms with Gasteiger partial charge in [-0.25, -0.2) is 0 Å². The molecule has 0 aliphatic rings. The van der Waals surface area contributed by atoms with Gasteiger partial charge >= 0.3 is 0 Å². The third kappa shape index (κ3) is 14.2. The largest absolute Gasteiger partial charge is 0.349 e. The fourth-order valence-corrected chi connectivity index (χ4v) is 3.02. The average Bonchev–Trinajstić information content (AvgIpc) is 2.75. The van der Waals surface area contributed by atoms with E-state index in [4.69, 9.17) is 17.2 Å². The van der Waals surface area contributed by atoms with Crippen molar-refractivity contribution in [2.75, 3.05) is 55.3 Å². The van der Waals surface area contributed by atoms with Crippen LogP contribution in [0, 0.1) is 0 Å². The van der Waals surface area contributed by atoms with Gasteiger partial charge in [0.15, 0.2) is 4.91 Å². The van der Waals surface area contributed by atoms with Crippen LogP contribution in [0.2, 0.25) is 0 Å². The van der Waals surface area contributed by atoms with E-state index in [1.165, 1.54) is 4.91 Å². The third-order valence-corrected chi connectivity index (χ3v) is 4.80. The van der Waals surface area contributed by atoms with Crippen LogP contribution in [0.1, 0.15) is 77.0 Å². The Labute approximate surface area is 182 Å². The zero-order valence-electron chi connectivity index (χ0n) is 18.7. The Bertz CT molecular complexity index is 431. The predicted molar refractivity (Wildman–Crippen MR) is 124 cm³/mol. The van der Waals surface area contributed by atoms with Gasteiger partial charge in [-0.05, 0) is 58.2 Å². The monoisotopic (exact) mass is 425 g/mol. The quantitative estimate of drug-likeness (QED) is 0.125. The van der Waals surface area contributed by atoms with Crippen LogP contribution >= 0.6 is 0 Å². The first kappa shape index (κ1) is 26.3. The van der Waals surface area contributed by atoms with Crippen LogP contribution < -0.4 is 38.2 Å². The van der Waals surface area contributed by atoms with E-state index in [0.29, 0.717) is 11.9 Å². The fraction of sp³-hybridized carbons (Fsp3) is 0.900. The molecule has 1 rings (SSSR count). The number of hydrogen-bond donors (Lipinski definition) is 6. The topological polar surface area (TPSA) is 157 Å². The van der Waals surface area contributed by atoms with Crippen LogP contribution in [0.3, 0.4) is 0 Å². The summed E-state index contributed by atoms with van der Waals surface area (Å²) in [7, 11) is 0. The maximum Gasteiger partial charge on any atom is 0.298 e. The minimum absolute atomic E-state index is 0.588. The van der Waals surface area contributed by atoms with Gasteiger partial charge in [0.1, 0.15) is 0 Å². The Morgan fingerprint density at radius 1 is 0.533 bits per heavy atom. The highest BCUT2D eigenvalue weighted by atomic mass is 15.7. The van der Waals surface area contributed by atoms with Gasteiger partial charge in [-0.1, -0.05) is 38.5 Å². The van der Waals surface area contributed by atoms with E-state index in [9.17, 15) is 0 Å². The first-order chi connectivity index (χ1) is 14.8. The molecule has 0 bridgehead atoms. The molecule has 1 aromatic rings. The summed E-state index contributed by atoms with van der Waals surface area (Å²) in [6, 6.07) is 0. The first-order valence-electron chi connectivity index (χ1n) is 11.8. The van der Waals surface area contributed by atoms with Crippen molar-refractivity contribution in [3.8, 4) is 0 Å². The minimum atomic E-state index is 0.588. The number of anilines is 2. The summed E-state index contributed by atoms with van der Waals surface area (Å²) in [5, 5.41) is 15.5. The van der Waals surface area contributed by atoms with E-state index >= 15 is 0 Å². The maximum atomic E-state index is 5.54. The number of nitrogens with zero attached hydrogens (tertiary/aromatic N) is 4. The fourth-order valence-electron chi connectivity index (χ4n) is 3.02. The lowest BCUT2D eigenvalue weighted by atomic mass is 10.2. The van der Waals surface area contributed by atoms with Gasteiger partial charge in [-0.15, -0.1) is 5.43 Å². The van der Waals surface area contributed by atoms with Crippen molar-refractivity contribution in [1.29, 1.82) is 0 Å². The second-order valence-corrected chi connectivity index (χ2v) is 7.62. The minimum Gasteiger partial charge on any atom is -0.349 e. The van der Waals surface area contributed by atoms with E-state index in [1.807, 2.05) is 0 Å². The molecule has 0 atom stereocenters. The summed E-state index contributed by atoms with van der Waals surface area (Å²) in [5.41, 5.74) is 19.9. The van der Waals surface area contributed by atoms with Crippen LogP contribution in [0.5, 0.6) is 0 Å². The average molecular weight is 426 g/mol. The lowest BCUT2D eigenvalue weighted by molar-refractivity contribution is -0.765. The highest BCUT2D eigenvalue weighted by Crippen LogP contribution is 2.04. The van der Waals surface area contributed by atoms with E-state index < -0.39 is 0 Å². The zero-order valence-corrected chi connectivity index (χ0v) is 18.7. The molecular formula is C20H45N10+. The standard InChI is InChI=1S/C20H45N10/c21-13-7-1-4-10-16-24-19-27-20(25-17-11-5-2-8-14-22)29-30(28-19)26-18-12-6-3-9-15-23/h1-18,21-23H2,(H3,24,25,26,27,28,29)/q+1. The molecule has 1 aromatic heterocycles. The van der Waals surface area contributed by atoms with Crippen molar-refractivity contribution in [3.63, 3.8) is 0 Å². The number of rotatable bonds is 21. The smallest absolute Gasteiger partial charge is 0.298 e. The van der Waals surface area contributed by atoms with E-state index in [1.54, 1.807) is 0 Å². The van der Waals surface area contributed by atoms with Crippen LogP contribution in [-0.2, 0) is 0 Å². The zero-order chi connectivity index (χ0) is 21.7. The highest BCUT2D eigenvalue weighted by Gasteiger charge is 2.13. The molecule has 0 fully saturated rings. The van der Waals surface area contributed by atoms with Gasteiger partial charge in [0.05, 0.1) is 16.7 Å². The molecule has 1 heterocycles. The normalized spacial score (nSPS) is 10.9. The number of unbranched alkanes of at least 4 members (excludes halogenated alkanes) is 9. The lowest BCUT2D eigenvalue weighted by Gasteiger charge is -2.06. The van der Waals surface area contributed by atoms with Crippen molar-refractivity contribution in [2.45, 2.75) is 77.0 Å². The van der Waals surface area contributed by atoms with Crippen molar-refractivity contribution < 1.29 is 4.91 Å². The van der Waals surface area contributed by atoms with Crippen LogP contribution in [0.25, 0.3) is 0 Å². The van der Waals surface area contributed by atoms with Crippen molar-refractivity contribution in [1.82, 2.24) is 15.2 Å². The molecule has 0 radical (unpaired) electrons. The number of hydrogen-bond acceptors (Lipinski definition) is 9. The maximum absolute atomic E-state index is 5.54. The molecular weight excluding hydrogens is 380 g/mol. The molecule has 174 valence electrons. The van der Waals surface area contributed by atoms with Crippen LogP contribution in [-0.4, -0.2) is 54.4 Å². The Balaban J connectivity index is 2.47. The van der Waals surface area contributed by atoms with Crippen molar-refractivity contribution in [2.24, 2.45) is 17.2 Å². The Morgan fingerprint density at radius 2 is 0.933 bits per heavy atom. The van der Waals surface area contributed by atoms with Gasteiger partial charge in [-0.2, -0.15) is 4.98 Å². The third-order valence-electron chi connectivity index (χ3n) is 4.80. The van der Waals surface area contributed by atoms with Gasteiger partial charge in [0.2, 0.25) is 0 Å². The summed E-state index contributed by atoms with van der Waals surface area (Å²) in [6.45, 7) is 4.78. The molecule has 0 aliphatic carbocycles. The number of aromatic nitrogens is 4. The van der Waals surface area contributed by atoms with Gasteiger partial charge in [0.25, 0.3) is 11.9 Å². The van der Waals surface area contributed by atoms with E-state index in [2.05, 4.69) is 31.2 Å². The molecule has 0 amide bonds. The van der Waals surface area contributed by atoms with Gasteiger partial charge in [-0.3, -0.25) is 0 Å². The van der Waals surface area contributed by atoms with Crippen molar-refractivity contribution >= 4 is 11.9 Å². The Kier molecular flexibility index (Phi) is 16.8. The predicted octanol–water partition coefficient (Wildman–Crippen LogP) is 1.08. The molecule has 9 N–H and O–H groups in total. The summed E-state index contributed by atoms with van der Waals surface area (Å²) in [6.07, 6.45) is 13.4. The molecule has 0 aliphatic heterocycles. The second-order valence-electron chi connectivity index (χ2n) is 7.62. The Hall–Kier alpha value is -1.78.